The van der Waals surface area contributed by atoms with Crippen LogP contribution in [0.3, 0.4) is 0 Å². The van der Waals surface area contributed by atoms with Crippen molar-refractivity contribution in [3.05, 3.63) is 0 Å². The van der Waals surface area contributed by atoms with Gasteiger partial charge in [0.2, 0.25) is 0 Å². The summed E-state index contributed by atoms with van der Waals surface area (Å²) in [4.78, 5) is 13.7. The Bertz CT molecular complexity index is 396. The van der Waals surface area contributed by atoms with Crippen molar-refractivity contribution in [3.63, 3.8) is 0 Å². The smallest absolute Gasteiger partial charge is 0.410 e. The Morgan fingerprint density at radius 2 is 2.19 bits per heavy atom. The fraction of sp³-hybridized carbons (Fsp3) is 0.857. The topological polar surface area (TPSA) is 97.4 Å². The lowest BCUT2D eigenvalue weighted by Gasteiger charge is -2.44. The van der Waals surface area contributed by atoms with E-state index in [1.807, 2.05) is 6.92 Å². The van der Waals surface area contributed by atoms with Gasteiger partial charge in [-0.3, -0.25) is 4.90 Å². The van der Waals surface area contributed by atoms with E-state index in [1.165, 1.54) is 4.90 Å². The number of nitrogens with zero attached hydrogens (tertiary/aromatic N) is 2. The molecule has 0 aromatic carbocycles. The van der Waals surface area contributed by atoms with E-state index in [2.05, 4.69) is 5.16 Å². The predicted molar refractivity (Wildman–Crippen MR) is 79.4 cm³/mol. The summed E-state index contributed by atoms with van der Waals surface area (Å²) in [5.74, 6) is -0.0367. The third-order valence-corrected chi connectivity index (χ3v) is 3.79. The number of amides is 1. The summed E-state index contributed by atoms with van der Waals surface area (Å²) in [5.41, 5.74) is 4.26. The first-order valence-corrected chi connectivity index (χ1v) is 7.22. The van der Waals surface area contributed by atoms with Crippen molar-refractivity contribution in [2.24, 2.45) is 10.9 Å². The zero-order valence-corrected chi connectivity index (χ0v) is 13.5. The van der Waals surface area contributed by atoms with Crippen LogP contribution in [0.4, 0.5) is 4.79 Å². The fourth-order valence-electron chi connectivity index (χ4n) is 2.37. The average Bonchev–Trinajstić information content (AvgIpc) is 2.43. The third kappa shape index (κ3) is 4.00. The van der Waals surface area contributed by atoms with E-state index in [4.69, 9.17) is 20.4 Å². The van der Waals surface area contributed by atoms with Crippen molar-refractivity contribution < 1.29 is 19.5 Å². The number of rotatable bonds is 3. The van der Waals surface area contributed by atoms with Crippen LogP contribution < -0.4 is 5.73 Å². The van der Waals surface area contributed by atoms with Crippen LogP contribution in [0.15, 0.2) is 5.16 Å². The van der Waals surface area contributed by atoms with Crippen LogP contribution in [0.2, 0.25) is 0 Å². The van der Waals surface area contributed by atoms with Gasteiger partial charge in [0.1, 0.15) is 11.1 Å². The highest BCUT2D eigenvalue weighted by Gasteiger charge is 2.46. The summed E-state index contributed by atoms with van der Waals surface area (Å²) < 4.78 is 11.1. The highest BCUT2D eigenvalue weighted by atomic mass is 16.6. The van der Waals surface area contributed by atoms with Crippen molar-refractivity contribution >= 4 is 11.9 Å². The molecule has 0 aliphatic carbocycles. The van der Waals surface area contributed by atoms with Crippen LogP contribution in [0.5, 0.6) is 0 Å². The Kier molecular flexibility index (Phi) is 5.44. The molecule has 0 aromatic heterocycles. The maximum Gasteiger partial charge on any atom is 0.410 e. The zero-order chi connectivity index (χ0) is 16.3. The number of nitrogens with two attached hydrogens (primary N) is 1. The molecule has 0 bridgehead atoms. The zero-order valence-electron chi connectivity index (χ0n) is 13.5. The molecule has 0 spiro atoms. The van der Waals surface area contributed by atoms with Crippen molar-refractivity contribution in [1.29, 1.82) is 0 Å². The summed E-state index contributed by atoms with van der Waals surface area (Å²) in [6, 6.07) is 0. The normalized spacial score (nSPS) is 27.3. The number of carbonyl (C=O) groups excluding carboxylic acids is 1. The van der Waals surface area contributed by atoms with Gasteiger partial charge in [-0.1, -0.05) is 12.1 Å². The second-order valence-corrected chi connectivity index (χ2v) is 6.44. The molecule has 7 nitrogen and oxygen atoms in total. The van der Waals surface area contributed by atoms with Gasteiger partial charge in [-0.05, 0) is 40.0 Å². The highest BCUT2D eigenvalue weighted by molar-refractivity contribution is 5.93. The first-order valence-electron chi connectivity index (χ1n) is 7.22. The number of hydrogen-bond donors (Lipinski definition) is 2. The van der Waals surface area contributed by atoms with Crippen LogP contribution in [-0.4, -0.2) is 52.9 Å². The minimum atomic E-state index is -0.969. The van der Waals surface area contributed by atoms with E-state index >= 15 is 0 Å². The van der Waals surface area contributed by atoms with Crippen LogP contribution in [0.25, 0.3) is 0 Å². The molecule has 7 heteroatoms. The van der Waals surface area contributed by atoms with Crippen molar-refractivity contribution in [2.75, 3.05) is 13.7 Å². The summed E-state index contributed by atoms with van der Waals surface area (Å²) >= 11 is 0. The second-order valence-electron chi connectivity index (χ2n) is 6.44. The maximum atomic E-state index is 12.3. The first-order chi connectivity index (χ1) is 9.66. The Morgan fingerprint density at radius 3 is 2.57 bits per heavy atom. The molecule has 0 aromatic rings. The molecule has 122 valence electrons. The van der Waals surface area contributed by atoms with Gasteiger partial charge in [0.25, 0.3) is 0 Å². The number of oxime groups is 1. The first kappa shape index (κ1) is 17.6. The summed E-state index contributed by atoms with van der Waals surface area (Å²) in [6.45, 7) is 7.61. The lowest BCUT2D eigenvalue weighted by atomic mass is 9.87. The van der Waals surface area contributed by atoms with E-state index in [0.29, 0.717) is 6.42 Å². The molecule has 0 saturated carbocycles. The Hall–Kier alpha value is -1.50. The molecule has 2 atom stereocenters. The van der Waals surface area contributed by atoms with Gasteiger partial charge < -0.3 is 20.4 Å². The quantitative estimate of drug-likeness (QED) is 0.359. The minimum Gasteiger partial charge on any atom is -0.444 e. The monoisotopic (exact) mass is 301 g/mol. The molecule has 1 heterocycles. The van der Waals surface area contributed by atoms with Crippen LogP contribution >= 0.6 is 0 Å². The molecule has 1 fully saturated rings. The summed E-state index contributed by atoms with van der Waals surface area (Å²) in [6.07, 6.45) is 1.81. The van der Waals surface area contributed by atoms with Gasteiger partial charge in [0.15, 0.2) is 5.84 Å². The Labute approximate surface area is 126 Å². The van der Waals surface area contributed by atoms with E-state index < -0.39 is 17.2 Å². The standard InChI is InChI=1S/C14H27N3O4/c1-6-10-7-8-14(9-20-10,11(15)16-19)17(5)12(18)21-13(2,3)4/h10,19H,6-9H2,1-5H3,(H2,15,16)/t10-,14-/m0/s1. The number of likely N-dealkylation sites (N-methyl/N-ethyl adjacent to an activating group) is 1. The van der Waals surface area contributed by atoms with Gasteiger partial charge in [-0.15, -0.1) is 0 Å². The van der Waals surface area contributed by atoms with Gasteiger partial charge in [0.05, 0.1) is 12.7 Å². The van der Waals surface area contributed by atoms with Gasteiger partial charge >= 0.3 is 6.09 Å². The molecule has 1 amide bonds. The molecule has 3 N–H and O–H groups in total. The fourth-order valence-corrected chi connectivity index (χ4v) is 2.37. The van der Waals surface area contributed by atoms with E-state index in [0.717, 1.165) is 12.8 Å². The minimum absolute atomic E-state index is 0.0367. The second kappa shape index (κ2) is 6.51. The lowest BCUT2D eigenvalue weighted by Crippen LogP contribution is -2.63. The van der Waals surface area contributed by atoms with Crippen LogP contribution in [-0.2, 0) is 9.47 Å². The van der Waals surface area contributed by atoms with Crippen LogP contribution in [0.1, 0.15) is 47.0 Å². The van der Waals surface area contributed by atoms with E-state index in [-0.39, 0.29) is 18.5 Å². The summed E-state index contributed by atoms with van der Waals surface area (Å²) in [7, 11) is 1.59. The maximum absolute atomic E-state index is 12.3. The van der Waals surface area contributed by atoms with E-state index in [1.54, 1.807) is 27.8 Å². The van der Waals surface area contributed by atoms with Crippen LogP contribution in [0, 0.1) is 0 Å². The Morgan fingerprint density at radius 1 is 1.57 bits per heavy atom. The van der Waals surface area contributed by atoms with Gasteiger partial charge in [-0.2, -0.15) is 0 Å². The number of hydrogen-bond acceptors (Lipinski definition) is 5. The molecule has 0 unspecified atom stereocenters. The predicted octanol–water partition coefficient (Wildman–Crippen LogP) is 1.93. The van der Waals surface area contributed by atoms with Crippen molar-refractivity contribution in [2.45, 2.75) is 64.2 Å². The Balaban J connectivity index is 2.96. The number of ether oxygens (including phenoxy) is 2. The molecule has 1 rings (SSSR count). The molecular weight excluding hydrogens is 274 g/mol. The molecule has 21 heavy (non-hydrogen) atoms. The molecule has 1 aliphatic heterocycles. The lowest BCUT2D eigenvalue weighted by molar-refractivity contribution is -0.0610. The number of carbonyl (C=O) groups is 1. The molecule has 1 aliphatic rings. The SMILES string of the molecule is CC[C@H]1CC[C@](/C(N)=N/O)(N(C)C(=O)OC(C)(C)C)CO1. The summed E-state index contributed by atoms with van der Waals surface area (Å²) in [5, 5.41) is 12.2. The van der Waals surface area contributed by atoms with Gasteiger partial charge in [0, 0.05) is 7.05 Å². The largest absolute Gasteiger partial charge is 0.444 e. The van der Waals surface area contributed by atoms with Gasteiger partial charge in [-0.25, -0.2) is 4.79 Å². The molecular formula is C14H27N3O4. The molecule has 1 saturated heterocycles. The third-order valence-electron chi connectivity index (χ3n) is 3.79. The average molecular weight is 301 g/mol. The van der Waals surface area contributed by atoms with Crippen molar-refractivity contribution in [1.82, 2.24) is 4.90 Å². The molecule has 0 radical (unpaired) electrons. The van der Waals surface area contributed by atoms with Crippen molar-refractivity contribution in [3.8, 4) is 0 Å². The van der Waals surface area contributed by atoms with E-state index in [9.17, 15) is 4.79 Å². The highest BCUT2D eigenvalue weighted by Crippen LogP contribution is 2.30. The number of amidine groups is 1.